The highest BCUT2D eigenvalue weighted by molar-refractivity contribution is 5.95. The second kappa shape index (κ2) is 6.36. The Bertz CT molecular complexity index is 635. The molecule has 1 aliphatic heterocycles. The fourth-order valence-electron chi connectivity index (χ4n) is 3.18. The number of hydrogen-bond acceptors (Lipinski definition) is 3. The summed E-state index contributed by atoms with van der Waals surface area (Å²) in [5.41, 5.74) is 1.53. The van der Waals surface area contributed by atoms with Crippen molar-refractivity contribution in [2.75, 3.05) is 6.54 Å². The van der Waals surface area contributed by atoms with Crippen LogP contribution in [0.1, 0.15) is 47.0 Å². The van der Waals surface area contributed by atoms with E-state index in [4.69, 9.17) is 4.42 Å². The van der Waals surface area contributed by atoms with Gasteiger partial charge in [0.2, 0.25) is 0 Å². The number of likely N-dealkylation sites (tertiary alicyclic amines) is 1. The Morgan fingerprint density at radius 1 is 1.36 bits per heavy atom. The van der Waals surface area contributed by atoms with Crippen molar-refractivity contribution in [2.45, 2.75) is 38.3 Å². The summed E-state index contributed by atoms with van der Waals surface area (Å²) in [7, 11) is 0. The number of amides is 1. The molecule has 0 spiro atoms. The summed E-state index contributed by atoms with van der Waals surface area (Å²) in [6, 6.07) is 11.4. The van der Waals surface area contributed by atoms with Gasteiger partial charge >= 0.3 is 0 Å². The first-order valence-electron chi connectivity index (χ1n) is 7.75. The van der Waals surface area contributed by atoms with Gasteiger partial charge in [-0.05, 0) is 37.8 Å². The lowest BCUT2D eigenvalue weighted by atomic mass is 10.0. The number of furan rings is 1. The molecule has 4 heteroatoms. The Balaban J connectivity index is 1.71. The van der Waals surface area contributed by atoms with Crippen molar-refractivity contribution < 1.29 is 14.3 Å². The van der Waals surface area contributed by atoms with Gasteiger partial charge in [0.1, 0.15) is 5.76 Å². The van der Waals surface area contributed by atoms with Gasteiger partial charge in [0.15, 0.2) is 0 Å². The summed E-state index contributed by atoms with van der Waals surface area (Å²) in [4.78, 5) is 14.5. The molecule has 1 aliphatic rings. The third-order valence-electron chi connectivity index (χ3n) is 4.41. The average molecular weight is 299 g/mol. The summed E-state index contributed by atoms with van der Waals surface area (Å²) in [6.07, 6.45) is 3.51. The maximum absolute atomic E-state index is 12.6. The van der Waals surface area contributed by atoms with E-state index >= 15 is 0 Å². The van der Waals surface area contributed by atoms with Crippen LogP contribution in [0.25, 0.3) is 0 Å². The number of carbonyl (C=O) groups is 1. The van der Waals surface area contributed by atoms with Crippen molar-refractivity contribution in [3.8, 4) is 0 Å². The third-order valence-corrected chi connectivity index (χ3v) is 4.41. The van der Waals surface area contributed by atoms with Crippen LogP contribution in [-0.2, 0) is 0 Å². The molecule has 0 unspecified atom stereocenters. The maximum Gasteiger partial charge on any atom is 0.257 e. The Morgan fingerprint density at radius 2 is 2.14 bits per heavy atom. The molecule has 0 saturated carbocycles. The number of carbonyl (C=O) groups excluding carboxylic acids is 1. The van der Waals surface area contributed by atoms with E-state index < -0.39 is 6.10 Å². The predicted molar refractivity (Wildman–Crippen MR) is 83.5 cm³/mol. The zero-order chi connectivity index (χ0) is 15.5. The molecular formula is C18H21NO3. The molecule has 2 aromatic rings. The molecule has 22 heavy (non-hydrogen) atoms. The number of nitrogens with zero attached hydrogens (tertiary/aromatic N) is 1. The van der Waals surface area contributed by atoms with E-state index in [-0.39, 0.29) is 11.9 Å². The Hall–Kier alpha value is -2.07. The molecule has 1 fully saturated rings. The molecule has 4 nitrogen and oxygen atoms in total. The van der Waals surface area contributed by atoms with Crippen LogP contribution in [0.5, 0.6) is 0 Å². The molecule has 0 aliphatic carbocycles. The summed E-state index contributed by atoms with van der Waals surface area (Å²) in [6.45, 7) is 2.55. The molecule has 0 radical (unpaired) electrons. The largest absolute Gasteiger partial charge is 0.469 e. The van der Waals surface area contributed by atoms with Crippen LogP contribution in [0.2, 0.25) is 0 Å². The fourth-order valence-corrected chi connectivity index (χ4v) is 3.18. The lowest BCUT2D eigenvalue weighted by molar-refractivity contribution is 0.0665. The first-order chi connectivity index (χ1) is 10.7. The van der Waals surface area contributed by atoms with Crippen LogP contribution in [0, 0.1) is 6.92 Å². The van der Waals surface area contributed by atoms with Gasteiger partial charge in [0, 0.05) is 12.6 Å². The molecule has 1 N–H and O–H groups in total. The van der Waals surface area contributed by atoms with Crippen LogP contribution >= 0.6 is 0 Å². The first kappa shape index (κ1) is 14.9. The monoisotopic (exact) mass is 299 g/mol. The highest BCUT2D eigenvalue weighted by atomic mass is 16.3. The van der Waals surface area contributed by atoms with Crippen LogP contribution in [0.3, 0.4) is 0 Å². The second-order valence-electron chi connectivity index (χ2n) is 5.85. The van der Waals surface area contributed by atoms with E-state index in [1.807, 2.05) is 35.2 Å². The van der Waals surface area contributed by atoms with Gasteiger partial charge < -0.3 is 14.4 Å². The Morgan fingerprint density at radius 3 is 2.82 bits per heavy atom. The number of rotatable bonds is 4. The standard InChI is InChI=1S/C18H21NO3/c1-13-16(9-11-22-13)18(21)19-10-5-8-15(19)12-17(20)14-6-3-2-4-7-14/h2-4,6-7,9,11,15,17,20H,5,8,10,12H2,1H3/t15-,17+/m1/s1. The molecule has 2 heterocycles. The average Bonchev–Trinajstić information content (AvgIpc) is 3.16. The van der Waals surface area contributed by atoms with Crippen molar-refractivity contribution in [3.05, 3.63) is 59.5 Å². The summed E-state index contributed by atoms with van der Waals surface area (Å²) in [5.74, 6) is 0.660. The summed E-state index contributed by atoms with van der Waals surface area (Å²) >= 11 is 0. The highest BCUT2D eigenvalue weighted by Crippen LogP contribution is 2.29. The smallest absolute Gasteiger partial charge is 0.257 e. The van der Waals surface area contributed by atoms with E-state index in [2.05, 4.69) is 0 Å². The normalized spacial score (nSPS) is 19.4. The van der Waals surface area contributed by atoms with Gasteiger partial charge in [0.05, 0.1) is 17.9 Å². The lowest BCUT2D eigenvalue weighted by Crippen LogP contribution is -2.36. The molecule has 1 amide bonds. The molecule has 1 saturated heterocycles. The van der Waals surface area contributed by atoms with Gasteiger partial charge in [-0.25, -0.2) is 0 Å². The van der Waals surface area contributed by atoms with Crippen LogP contribution in [0.4, 0.5) is 0 Å². The van der Waals surface area contributed by atoms with Gasteiger partial charge in [-0.3, -0.25) is 4.79 Å². The van der Waals surface area contributed by atoms with Gasteiger partial charge in [-0.2, -0.15) is 0 Å². The van der Waals surface area contributed by atoms with E-state index in [0.29, 0.717) is 17.7 Å². The molecule has 0 bridgehead atoms. The second-order valence-corrected chi connectivity index (χ2v) is 5.85. The Kier molecular flexibility index (Phi) is 4.29. The fraction of sp³-hybridized carbons (Fsp3) is 0.389. The van der Waals surface area contributed by atoms with Gasteiger partial charge in [-0.15, -0.1) is 0 Å². The minimum atomic E-state index is -0.537. The SMILES string of the molecule is Cc1occc1C(=O)N1CCC[C@@H]1C[C@H](O)c1ccccc1. The van der Waals surface area contributed by atoms with E-state index in [1.165, 1.54) is 0 Å². The number of aliphatic hydroxyl groups is 1. The van der Waals surface area contributed by atoms with E-state index in [9.17, 15) is 9.90 Å². The quantitative estimate of drug-likeness (QED) is 0.942. The molecule has 3 rings (SSSR count). The number of hydrogen-bond donors (Lipinski definition) is 1. The molecule has 1 aromatic carbocycles. The minimum Gasteiger partial charge on any atom is -0.469 e. The maximum atomic E-state index is 12.6. The zero-order valence-corrected chi connectivity index (χ0v) is 12.7. The van der Waals surface area contributed by atoms with Crippen LogP contribution < -0.4 is 0 Å². The van der Waals surface area contributed by atoms with Crippen LogP contribution in [0.15, 0.2) is 47.1 Å². The molecular weight excluding hydrogens is 278 g/mol. The van der Waals surface area contributed by atoms with Crippen molar-refractivity contribution >= 4 is 5.91 Å². The van der Waals surface area contributed by atoms with Gasteiger partial charge in [0.25, 0.3) is 5.91 Å². The minimum absolute atomic E-state index is 0.00834. The first-order valence-corrected chi connectivity index (χ1v) is 7.75. The molecule has 1 aromatic heterocycles. The van der Waals surface area contributed by atoms with E-state index in [0.717, 1.165) is 24.9 Å². The number of aliphatic hydroxyl groups excluding tert-OH is 1. The van der Waals surface area contributed by atoms with Crippen molar-refractivity contribution in [2.24, 2.45) is 0 Å². The summed E-state index contributed by atoms with van der Waals surface area (Å²) < 4.78 is 5.23. The number of aryl methyl sites for hydroxylation is 1. The lowest BCUT2D eigenvalue weighted by Gasteiger charge is -2.26. The summed E-state index contributed by atoms with van der Waals surface area (Å²) in [5, 5.41) is 10.4. The van der Waals surface area contributed by atoms with Crippen molar-refractivity contribution in [1.82, 2.24) is 4.90 Å². The highest BCUT2D eigenvalue weighted by Gasteiger charge is 2.32. The zero-order valence-electron chi connectivity index (χ0n) is 12.7. The molecule has 2 atom stereocenters. The van der Waals surface area contributed by atoms with Gasteiger partial charge in [-0.1, -0.05) is 30.3 Å². The van der Waals surface area contributed by atoms with E-state index in [1.54, 1.807) is 19.3 Å². The predicted octanol–water partition coefficient (Wildman–Crippen LogP) is 3.32. The Labute approximate surface area is 130 Å². The third kappa shape index (κ3) is 2.92. The van der Waals surface area contributed by atoms with Crippen LogP contribution in [-0.4, -0.2) is 28.5 Å². The number of benzene rings is 1. The molecule has 116 valence electrons. The van der Waals surface area contributed by atoms with Crippen molar-refractivity contribution in [3.63, 3.8) is 0 Å². The van der Waals surface area contributed by atoms with Crippen molar-refractivity contribution in [1.29, 1.82) is 0 Å². The topological polar surface area (TPSA) is 53.7 Å².